The summed E-state index contributed by atoms with van der Waals surface area (Å²) in [5.41, 5.74) is 0.972. The van der Waals surface area contributed by atoms with Crippen molar-refractivity contribution in [3.8, 4) is 0 Å². The standard InChI is InChI=1S/C18H23N5O4S/c1-21(2)18-14(6-5-9-19-18)13-20-16-8-7-15(23(24)25)12-17(16)28(26,27)22-10-3-4-11-22/h5-9,12,20H,3-4,10-11,13H2,1-2H3. The van der Waals surface area contributed by atoms with E-state index in [9.17, 15) is 18.5 Å². The maximum Gasteiger partial charge on any atom is 0.270 e. The number of sulfonamides is 1. The fraction of sp³-hybridized carbons (Fsp3) is 0.389. The van der Waals surface area contributed by atoms with Gasteiger partial charge in [-0.1, -0.05) is 6.07 Å². The summed E-state index contributed by atoms with van der Waals surface area (Å²) in [6.45, 7) is 1.19. The van der Waals surface area contributed by atoms with Crippen molar-refractivity contribution in [2.45, 2.75) is 24.3 Å². The molecule has 1 aromatic carbocycles. The van der Waals surface area contributed by atoms with Gasteiger partial charge in [0.2, 0.25) is 10.0 Å². The van der Waals surface area contributed by atoms with Crippen molar-refractivity contribution in [3.05, 3.63) is 52.2 Å². The Hall–Kier alpha value is -2.72. The predicted molar refractivity (Wildman–Crippen MR) is 107 cm³/mol. The molecule has 0 amide bonds. The second-order valence-corrected chi connectivity index (χ2v) is 8.69. The van der Waals surface area contributed by atoms with Gasteiger partial charge >= 0.3 is 0 Å². The molecule has 2 aromatic rings. The minimum atomic E-state index is -3.82. The van der Waals surface area contributed by atoms with Crippen molar-refractivity contribution in [3.63, 3.8) is 0 Å². The lowest BCUT2D eigenvalue weighted by atomic mass is 10.2. The molecule has 0 bridgehead atoms. The summed E-state index contributed by atoms with van der Waals surface area (Å²) in [6, 6.07) is 7.59. The quantitative estimate of drug-likeness (QED) is 0.557. The van der Waals surface area contributed by atoms with E-state index in [-0.39, 0.29) is 10.6 Å². The number of nitrogens with one attached hydrogen (secondary N) is 1. The lowest BCUT2D eigenvalue weighted by Gasteiger charge is -2.20. The summed E-state index contributed by atoms with van der Waals surface area (Å²) in [5, 5.41) is 14.3. The van der Waals surface area contributed by atoms with Gasteiger partial charge in [-0.05, 0) is 25.0 Å². The number of hydrogen-bond donors (Lipinski definition) is 1. The number of anilines is 2. The highest BCUT2D eigenvalue weighted by atomic mass is 32.2. The van der Waals surface area contributed by atoms with Gasteiger partial charge in [0.05, 0.1) is 10.6 Å². The Kier molecular flexibility index (Phi) is 5.80. The number of non-ortho nitro benzene ring substituents is 1. The van der Waals surface area contributed by atoms with Gasteiger partial charge in [0.25, 0.3) is 5.69 Å². The van der Waals surface area contributed by atoms with E-state index < -0.39 is 14.9 Å². The number of nitrogens with zero attached hydrogens (tertiary/aromatic N) is 4. The van der Waals surface area contributed by atoms with Crippen LogP contribution >= 0.6 is 0 Å². The normalized spacial score (nSPS) is 14.8. The number of aromatic nitrogens is 1. The molecule has 1 aromatic heterocycles. The zero-order valence-electron chi connectivity index (χ0n) is 15.8. The maximum atomic E-state index is 13.1. The molecular formula is C18H23N5O4S. The second-order valence-electron chi connectivity index (χ2n) is 6.78. The van der Waals surface area contributed by atoms with Crippen LogP contribution in [0.25, 0.3) is 0 Å². The van der Waals surface area contributed by atoms with Gasteiger partial charge in [-0.15, -0.1) is 0 Å². The second kappa shape index (κ2) is 8.11. The number of nitro benzene ring substituents is 1. The van der Waals surface area contributed by atoms with Crippen LogP contribution in [0.5, 0.6) is 0 Å². The summed E-state index contributed by atoms with van der Waals surface area (Å²) in [7, 11) is -0.0639. The molecule has 2 heterocycles. The molecule has 1 N–H and O–H groups in total. The molecule has 1 fully saturated rings. The van der Waals surface area contributed by atoms with Crippen LogP contribution in [0.4, 0.5) is 17.2 Å². The fourth-order valence-electron chi connectivity index (χ4n) is 3.21. The highest BCUT2D eigenvalue weighted by molar-refractivity contribution is 7.89. The van der Waals surface area contributed by atoms with E-state index in [1.807, 2.05) is 31.1 Å². The van der Waals surface area contributed by atoms with E-state index in [4.69, 9.17) is 0 Å². The highest BCUT2D eigenvalue weighted by Gasteiger charge is 2.31. The summed E-state index contributed by atoms with van der Waals surface area (Å²) < 4.78 is 27.5. The van der Waals surface area contributed by atoms with Gasteiger partial charge < -0.3 is 10.2 Å². The van der Waals surface area contributed by atoms with Crippen molar-refractivity contribution < 1.29 is 13.3 Å². The molecule has 0 aliphatic carbocycles. The van der Waals surface area contributed by atoms with Gasteiger partial charge in [-0.25, -0.2) is 13.4 Å². The number of pyridine rings is 1. The Bertz CT molecular complexity index is 972. The van der Waals surface area contributed by atoms with Gasteiger partial charge in [-0.2, -0.15) is 4.31 Å². The zero-order valence-corrected chi connectivity index (χ0v) is 16.6. The number of nitro groups is 1. The number of benzene rings is 1. The van der Waals surface area contributed by atoms with Gasteiger partial charge in [0.15, 0.2) is 0 Å². The molecular weight excluding hydrogens is 382 g/mol. The van der Waals surface area contributed by atoms with Crippen LogP contribution in [0.1, 0.15) is 18.4 Å². The van der Waals surface area contributed by atoms with E-state index in [1.165, 1.54) is 16.4 Å². The lowest BCUT2D eigenvalue weighted by molar-refractivity contribution is -0.385. The third-order valence-corrected chi connectivity index (χ3v) is 6.56. The molecule has 0 saturated carbocycles. The summed E-state index contributed by atoms with van der Waals surface area (Å²) in [6.07, 6.45) is 3.27. The Morgan fingerprint density at radius 3 is 2.61 bits per heavy atom. The Morgan fingerprint density at radius 1 is 1.25 bits per heavy atom. The molecule has 9 nitrogen and oxygen atoms in total. The monoisotopic (exact) mass is 405 g/mol. The average Bonchev–Trinajstić information content (AvgIpc) is 3.22. The SMILES string of the molecule is CN(C)c1ncccc1CNc1ccc([N+](=O)[O-])cc1S(=O)(=O)N1CCCC1. The van der Waals surface area contributed by atoms with Crippen LogP contribution in [0.15, 0.2) is 41.4 Å². The minimum Gasteiger partial charge on any atom is -0.380 e. The van der Waals surface area contributed by atoms with Crippen LogP contribution in [0, 0.1) is 10.1 Å². The molecule has 1 aliphatic heterocycles. The van der Waals surface area contributed by atoms with E-state index in [0.717, 1.165) is 30.3 Å². The molecule has 1 aliphatic rings. The molecule has 0 radical (unpaired) electrons. The summed E-state index contributed by atoms with van der Waals surface area (Å²) in [5.74, 6) is 0.765. The molecule has 0 atom stereocenters. The summed E-state index contributed by atoms with van der Waals surface area (Å²) >= 11 is 0. The first kappa shape index (κ1) is 20.0. The molecule has 3 rings (SSSR count). The van der Waals surface area contributed by atoms with Crippen LogP contribution in [-0.4, -0.2) is 49.8 Å². The third kappa shape index (κ3) is 4.07. The molecule has 28 heavy (non-hydrogen) atoms. The number of hydrogen-bond acceptors (Lipinski definition) is 7. The van der Waals surface area contributed by atoms with E-state index in [1.54, 1.807) is 6.20 Å². The van der Waals surface area contributed by atoms with Crippen LogP contribution in [-0.2, 0) is 16.6 Å². The van der Waals surface area contributed by atoms with Crippen LogP contribution in [0.2, 0.25) is 0 Å². The van der Waals surface area contributed by atoms with Crippen molar-refractivity contribution in [2.24, 2.45) is 0 Å². The zero-order chi connectivity index (χ0) is 20.3. The van der Waals surface area contributed by atoms with Gasteiger partial charge in [0, 0.05) is 57.6 Å². The number of rotatable bonds is 7. The first-order valence-electron chi connectivity index (χ1n) is 8.94. The van der Waals surface area contributed by atoms with Crippen molar-refractivity contribution in [2.75, 3.05) is 37.4 Å². The van der Waals surface area contributed by atoms with Crippen LogP contribution < -0.4 is 10.2 Å². The smallest absolute Gasteiger partial charge is 0.270 e. The fourth-order valence-corrected chi connectivity index (χ4v) is 4.92. The van der Waals surface area contributed by atoms with E-state index in [2.05, 4.69) is 10.3 Å². The Labute approximate surface area is 164 Å². The summed E-state index contributed by atoms with van der Waals surface area (Å²) in [4.78, 5) is 16.7. The van der Waals surface area contributed by atoms with E-state index >= 15 is 0 Å². The first-order chi connectivity index (χ1) is 13.3. The van der Waals surface area contributed by atoms with E-state index in [0.29, 0.717) is 25.3 Å². The van der Waals surface area contributed by atoms with Crippen molar-refractivity contribution in [1.29, 1.82) is 0 Å². The predicted octanol–water partition coefficient (Wildman–Crippen LogP) is 2.45. The Morgan fingerprint density at radius 2 is 1.96 bits per heavy atom. The van der Waals surface area contributed by atoms with Crippen molar-refractivity contribution >= 4 is 27.2 Å². The highest BCUT2D eigenvalue weighted by Crippen LogP contribution is 2.31. The van der Waals surface area contributed by atoms with Crippen molar-refractivity contribution in [1.82, 2.24) is 9.29 Å². The average molecular weight is 405 g/mol. The lowest BCUT2D eigenvalue weighted by Crippen LogP contribution is -2.28. The minimum absolute atomic E-state index is 0.0705. The van der Waals surface area contributed by atoms with Gasteiger partial charge in [-0.3, -0.25) is 10.1 Å². The largest absolute Gasteiger partial charge is 0.380 e. The molecule has 1 saturated heterocycles. The first-order valence-corrected chi connectivity index (χ1v) is 10.4. The van der Waals surface area contributed by atoms with Crippen LogP contribution in [0.3, 0.4) is 0 Å². The molecule has 0 spiro atoms. The molecule has 0 unspecified atom stereocenters. The molecule has 150 valence electrons. The third-order valence-electron chi connectivity index (χ3n) is 4.62. The molecule has 10 heteroatoms. The van der Waals surface area contributed by atoms with Gasteiger partial charge in [0.1, 0.15) is 10.7 Å². The topological polar surface area (TPSA) is 109 Å². The Balaban J connectivity index is 1.96. The maximum absolute atomic E-state index is 13.1.